The van der Waals surface area contributed by atoms with Gasteiger partial charge in [-0.1, -0.05) is 25.4 Å². The Hall–Kier alpha value is -1.26. The molecule has 1 amide bonds. The lowest BCUT2D eigenvalue weighted by molar-refractivity contribution is -0.117. The molecule has 0 aromatic heterocycles. The van der Waals surface area contributed by atoms with Crippen LogP contribution in [0.1, 0.15) is 20.3 Å². The predicted octanol–water partition coefficient (Wildman–Crippen LogP) is 2.84. The topological polar surface area (TPSA) is 58.4 Å². The molecule has 4 nitrogen and oxygen atoms in total. The summed E-state index contributed by atoms with van der Waals surface area (Å²) in [5, 5.41) is 3.34. The second-order valence-corrected chi connectivity index (χ2v) is 6.22. The molecule has 0 aliphatic carbocycles. The highest BCUT2D eigenvalue weighted by Gasteiger charge is 2.26. The number of amides is 1. The number of likely N-dealkylation sites (tertiary alicyclic amines) is 1. The number of carbonyl (C=O) groups excluding carboxylic acids is 1. The minimum Gasteiger partial charge on any atom is -0.399 e. The molecular formula is C15H22ClN3O. The summed E-state index contributed by atoms with van der Waals surface area (Å²) in [6.45, 7) is 6.87. The van der Waals surface area contributed by atoms with E-state index in [-0.39, 0.29) is 5.91 Å². The molecule has 0 radical (unpaired) electrons. The number of nitrogens with one attached hydrogen (secondary N) is 1. The minimum atomic E-state index is -0.0399. The summed E-state index contributed by atoms with van der Waals surface area (Å²) < 4.78 is 0. The molecule has 1 heterocycles. The van der Waals surface area contributed by atoms with Gasteiger partial charge in [-0.25, -0.2) is 0 Å². The van der Waals surface area contributed by atoms with E-state index in [2.05, 4.69) is 24.1 Å². The van der Waals surface area contributed by atoms with E-state index in [1.165, 1.54) is 6.42 Å². The molecule has 1 unspecified atom stereocenters. The summed E-state index contributed by atoms with van der Waals surface area (Å²) >= 11 is 6.04. The average Bonchev–Trinajstić information content (AvgIpc) is 2.82. The van der Waals surface area contributed by atoms with Gasteiger partial charge in [0.15, 0.2) is 0 Å². The van der Waals surface area contributed by atoms with Crippen LogP contribution in [0.25, 0.3) is 0 Å². The number of nitrogens with two attached hydrogens (primary N) is 1. The van der Waals surface area contributed by atoms with Crippen molar-refractivity contribution in [2.75, 3.05) is 30.7 Å². The molecule has 0 spiro atoms. The van der Waals surface area contributed by atoms with Crippen molar-refractivity contribution in [1.82, 2.24) is 4.90 Å². The van der Waals surface area contributed by atoms with Gasteiger partial charge in [-0.2, -0.15) is 0 Å². The third-order valence-corrected chi connectivity index (χ3v) is 4.21. The van der Waals surface area contributed by atoms with Gasteiger partial charge >= 0.3 is 0 Å². The Bertz CT molecular complexity index is 490. The molecule has 1 aromatic carbocycles. The number of hydrogen-bond acceptors (Lipinski definition) is 3. The van der Waals surface area contributed by atoms with Crippen LogP contribution in [0.4, 0.5) is 11.4 Å². The summed E-state index contributed by atoms with van der Waals surface area (Å²) in [4.78, 5) is 14.3. The van der Waals surface area contributed by atoms with Crippen LogP contribution in [0.15, 0.2) is 18.2 Å². The number of benzene rings is 1. The fourth-order valence-electron chi connectivity index (χ4n) is 2.58. The maximum absolute atomic E-state index is 12.1. The standard InChI is InChI=1S/C15H22ClN3O/c1-10(2)11-5-6-19(8-11)9-15(20)18-14-7-12(17)3-4-13(14)16/h3-4,7,10-11H,5-6,8-9,17H2,1-2H3,(H,18,20). The molecule has 20 heavy (non-hydrogen) atoms. The number of hydrogen-bond donors (Lipinski definition) is 2. The Morgan fingerprint density at radius 1 is 1.55 bits per heavy atom. The van der Waals surface area contributed by atoms with Gasteiger partial charge in [0.25, 0.3) is 0 Å². The van der Waals surface area contributed by atoms with E-state index in [4.69, 9.17) is 17.3 Å². The van der Waals surface area contributed by atoms with E-state index >= 15 is 0 Å². The summed E-state index contributed by atoms with van der Waals surface area (Å²) in [5.74, 6) is 1.33. The Balaban J connectivity index is 1.88. The molecule has 0 bridgehead atoms. The molecular weight excluding hydrogens is 274 g/mol. The van der Waals surface area contributed by atoms with E-state index in [1.807, 2.05) is 0 Å². The van der Waals surface area contributed by atoms with Crippen LogP contribution in [0.3, 0.4) is 0 Å². The fraction of sp³-hybridized carbons (Fsp3) is 0.533. The van der Waals surface area contributed by atoms with Gasteiger partial charge in [-0.05, 0) is 43.0 Å². The first-order valence-electron chi connectivity index (χ1n) is 7.03. The first-order valence-corrected chi connectivity index (χ1v) is 7.40. The number of nitrogen functional groups attached to an aromatic ring is 1. The Morgan fingerprint density at radius 2 is 2.30 bits per heavy atom. The van der Waals surface area contributed by atoms with Crippen molar-refractivity contribution >= 4 is 28.9 Å². The lowest BCUT2D eigenvalue weighted by Crippen LogP contribution is -2.32. The number of anilines is 2. The van der Waals surface area contributed by atoms with Gasteiger partial charge in [-0.3, -0.25) is 9.69 Å². The predicted molar refractivity (Wildman–Crippen MR) is 83.9 cm³/mol. The zero-order chi connectivity index (χ0) is 14.7. The van der Waals surface area contributed by atoms with Crippen molar-refractivity contribution in [2.24, 2.45) is 11.8 Å². The second kappa shape index (κ2) is 6.46. The number of rotatable bonds is 4. The quantitative estimate of drug-likeness (QED) is 0.840. The van der Waals surface area contributed by atoms with Gasteiger partial charge in [-0.15, -0.1) is 0 Å². The SMILES string of the molecule is CC(C)C1CCN(CC(=O)Nc2cc(N)ccc2Cl)C1. The molecule has 1 fully saturated rings. The Kier molecular flexibility index (Phi) is 4.89. The van der Waals surface area contributed by atoms with E-state index < -0.39 is 0 Å². The van der Waals surface area contributed by atoms with E-state index in [1.54, 1.807) is 18.2 Å². The van der Waals surface area contributed by atoms with E-state index in [9.17, 15) is 4.79 Å². The van der Waals surface area contributed by atoms with Gasteiger partial charge in [0.2, 0.25) is 5.91 Å². The van der Waals surface area contributed by atoms with E-state index in [0.717, 1.165) is 13.1 Å². The summed E-state index contributed by atoms with van der Waals surface area (Å²) in [5.41, 5.74) is 6.87. The van der Waals surface area contributed by atoms with Crippen LogP contribution >= 0.6 is 11.6 Å². The van der Waals surface area contributed by atoms with Crippen molar-refractivity contribution in [3.63, 3.8) is 0 Å². The average molecular weight is 296 g/mol. The Labute approximate surface area is 125 Å². The van der Waals surface area contributed by atoms with Crippen LogP contribution in [-0.2, 0) is 4.79 Å². The number of nitrogens with zero attached hydrogens (tertiary/aromatic N) is 1. The lowest BCUT2D eigenvalue weighted by Gasteiger charge is -2.17. The van der Waals surface area contributed by atoms with Crippen molar-refractivity contribution < 1.29 is 4.79 Å². The van der Waals surface area contributed by atoms with Crippen LogP contribution in [0, 0.1) is 11.8 Å². The largest absolute Gasteiger partial charge is 0.399 e. The van der Waals surface area contributed by atoms with Crippen LogP contribution in [-0.4, -0.2) is 30.4 Å². The molecule has 1 saturated heterocycles. The monoisotopic (exact) mass is 295 g/mol. The van der Waals surface area contributed by atoms with Crippen LogP contribution in [0.5, 0.6) is 0 Å². The summed E-state index contributed by atoms with van der Waals surface area (Å²) in [6, 6.07) is 5.09. The highest BCUT2D eigenvalue weighted by atomic mass is 35.5. The molecule has 2 rings (SSSR count). The molecule has 0 saturated carbocycles. The number of halogens is 1. The molecule has 3 N–H and O–H groups in total. The summed E-state index contributed by atoms with van der Waals surface area (Å²) in [6.07, 6.45) is 1.17. The molecule has 1 aromatic rings. The van der Waals surface area contributed by atoms with E-state index in [0.29, 0.717) is 34.8 Å². The molecule has 1 aliphatic heterocycles. The number of carbonyl (C=O) groups is 1. The van der Waals surface area contributed by atoms with Gasteiger partial charge in [0.1, 0.15) is 0 Å². The molecule has 1 atom stereocenters. The van der Waals surface area contributed by atoms with Gasteiger partial charge in [0.05, 0.1) is 17.3 Å². The first-order chi connectivity index (χ1) is 9.45. The maximum atomic E-state index is 12.1. The Morgan fingerprint density at radius 3 is 2.95 bits per heavy atom. The molecule has 5 heteroatoms. The van der Waals surface area contributed by atoms with Gasteiger partial charge in [0, 0.05) is 12.2 Å². The normalized spacial score (nSPS) is 19.5. The highest BCUT2D eigenvalue weighted by molar-refractivity contribution is 6.33. The zero-order valence-electron chi connectivity index (χ0n) is 12.0. The van der Waals surface area contributed by atoms with Crippen molar-refractivity contribution in [2.45, 2.75) is 20.3 Å². The third kappa shape index (κ3) is 3.87. The van der Waals surface area contributed by atoms with Crippen molar-refractivity contribution in [3.8, 4) is 0 Å². The maximum Gasteiger partial charge on any atom is 0.238 e. The fourth-order valence-corrected chi connectivity index (χ4v) is 2.75. The first kappa shape index (κ1) is 15.1. The van der Waals surface area contributed by atoms with Crippen molar-refractivity contribution in [1.29, 1.82) is 0 Å². The van der Waals surface area contributed by atoms with Crippen LogP contribution < -0.4 is 11.1 Å². The van der Waals surface area contributed by atoms with Crippen LogP contribution in [0.2, 0.25) is 5.02 Å². The molecule has 110 valence electrons. The summed E-state index contributed by atoms with van der Waals surface area (Å²) in [7, 11) is 0. The lowest BCUT2D eigenvalue weighted by atomic mass is 9.95. The zero-order valence-corrected chi connectivity index (χ0v) is 12.8. The van der Waals surface area contributed by atoms with Crippen molar-refractivity contribution in [3.05, 3.63) is 23.2 Å². The third-order valence-electron chi connectivity index (χ3n) is 3.88. The molecule has 1 aliphatic rings. The second-order valence-electron chi connectivity index (χ2n) is 5.82. The van der Waals surface area contributed by atoms with Gasteiger partial charge < -0.3 is 11.1 Å². The highest BCUT2D eigenvalue weighted by Crippen LogP contribution is 2.25. The smallest absolute Gasteiger partial charge is 0.238 e. The minimum absolute atomic E-state index is 0.0399.